The Bertz CT molecular complexity index is 905. The molecule has 0 atom stereocenters. The van der Waals surface area contributed by atoms with E-state index in [0.29, 0.717) is 12.2 Å². The second-order valence-electron chi connectivity index (χ2n) is 5.64. The Balaban J connectivity index is 1.93. The fraction of sp³-hybridized carbons (Fsp3) is 0.200. The molecule has 25 heavy (non-hydrogen) atoms. The lowest BCUT2D eigenvalue weighted by molar-refractivity contribution is 0.0526. The maximum atomic E-state index is 11.7. The van der Waals surface area contributed by atoms with Gasteiger partial charge in [-0.15, -0.1) is 0 Å². The number of esters is 1. The molecule has 5 heteroatoms. The summed E-state index contributed by atoms with van der Waals surface area (Å²) in [6.45, 7) is 4.18. The zero-order valence-electron chi connectivity index (χ0n) is 14.5. The summed E-state index contributed by atoms with van der Waals surface area (Å²) in [5.74, 6) is 0.431. The summed E-state index contributed by atoms with van der Waals surface area (Å²) in [6.07, 6.45) is 1.75. The van der Waals surface area contributed by atoms with Crippen LogP contribution < -0.4 is 10.1 Å². The van der Waals surface area contributed by atoms with E-state index in [2.05, 4.69) is 16.4 Å². The summed E-state index contributed by atoms with van der Waals surface area (Å²) < 4.78 is 10.4. The zero-order valence-corrected chi connectivity index (χ0v) is 14.5. The number of hydrogen-bond acceptors (Lipinski definition) is 5. The number of ether oxygens (including phenoxy) is 2. The van der Waals surface area contributed by atoms with Gasteiger partial charge in [0.15, 0.2) is 0 Å². The van der Waals surface area contributed by atoms with Crippen molar-refractivity contribution < 1.29 is 14.3 Å². The van der Waals surface area contributed by atoms with Crippen LogP contribution in [0, 0.1) is 6.92 Å². The van der Waals surface area contributed by atoms with Gasteiger partial charge in [-0.1, -0.05) is 0 Å². The summed E-state index contributed by atoms with van der Waals surface area (Å²) in [5, 5.41) is 4.36. The van der Waals surface area contributed by atoms with Crippen LogP contribution in [0.4, 0.5) is 11.4 Å². The number of aromatic nitrogens is 1. The molecule has 2 aromatic carbocycles. The van der Waals surface area contributed by atoms with Crippen LogP contribution in [0.2, 0.25) is 0 Å². The van der Waals surface area contributed by atoms with E-state index in [0.717, 1.165) is 33.6 Å². The molecular weight excluding hydrogens is 316 g/mol. The molecule has 0 aliphatic carbocycles. The van der Waals surface area contributed by atoms with Gasteiger partial charge in [-0.05, 0) is 61.9 Å². The van der Waals surface area contributed by atoms with E-state index >= 15 is 0 Å². The Kier molecular flexibility index (Phi) is 4.84. The predicted molar refractivity (Wildman–Crippen MR) is 98.7 cm³/mol. The normalized spacial score (nSPS) is 10.5. The number of anilines is 2. The van der Waals surface area contributed by atoms with Crippen LogP contribution in [0.1, 0.15) is 22.8 Å². The van der Waals surface area contributed by atoms with Crippen LogP contribution in [-0.2, 0) is 4.74 Å². The zero-order chi connectivity index (χ0) is 17.8. The highest BCUT2D eigenvalue weighted by Crippen LogP contribution is 2.32. The standard InChI is InChI=1S/C20H20N2O3/c1-4-25-20(23)14-5-7-15(8-6-14)22-17-9-10-21-19-16(17)11-13(2)12-18(19)24-3/h5-12H,4H2,1-3H3,(H,21,22). The molecule has 128 valence electrons. The van der Waals surface area contributed by atoms with Crippen LogP contribution >= 0.6 is 0 Å². The number of methoxy groups -OCH3 is 1. The molecule has 3 aromatic rings. The first kappa shape index (κ1) is 16.8. The van der Waals surface area contributed by atoms with Gasteiger partial charge in [0.25, 0.3) is 0 Å². The van der Waals surface area contributed by atoms with Gasteiger partial charge in [0.2, 0.25) is 0 Å². The first-order valence-electron chi connectivity index (χ1n) is 8.10. The molecule has 0 bridgehead atoms. The molecule has 3 rings (SSSR count). The number of nitrogens with one attached hydrogen (secondary N) is 1. The van der Waals surface area contributed by atoms with Crippen LogP contribution in [-0.4, -0.2) is 24.7 Å². The van der Waals surface area contributed by atoms with Crippen molar-refractivity contribution in [3.8, 4) is 5.75 Å². The fourth-order valence-corrected chi connectivity index (χ4v) is 2.68. The van der Waals surface area contributed by atoms with E-state index in [1.165, 1.54) is 0 Å². The van der Waals surface area contributed by atoms with Crippen molar-refractivity contribution in [2.24, 2.45) is 0 Å². The van der Waals surface area contributed by atoms with Crippen LogP contribution in [0.5, 0.6) is 5.75 Å². The topological polar surface area (TPSA) is 60.5 Å². The largest absolute Gasteiger partial charge is 0.494 e. The van der Waals surface area contributed by atoms with Crippen molar-refractivity contribution in [1.82, 2.24) is 4.98 Å². The van der Waals surface area contributed by atoms with E-state index in [1.807, 2.05) is 31.2 Å². The van der Waals surface area contributed by atoms with Gasteiger partial charge in [-0.25, -0.2) is 4.79 Å². The van der Waals surface area contributed by atoms with E-state index < -0.39 is 0 Å². The van der Waals surface area contributed by atoms with Gasteiger partial charge in [0.05, 0.1) is 19.3 Å². The van der Waals surface area contributed by atoms with Crippen LogP contribution in [0.25, 0.3) is 10.9 Å². The smallest absolute Gasteiger partial charge is 0.338 e. The first-order valence-corrected chi connectivity index (χ1v) is 8.10. The van der Waals surface area contributed by atoms with E-state index in [9.17, 15) is 4.79 Å². The summed E-state index contributed by atoms with van der Waals surface area (Å²) in [7, 11) is 1.64. The monoisotopic (exact) mass is 336 g/mol. The number of rotatable bonds is 5. The highest BCUT2D eigenvalue weighted by molar-refractivity contribution is 5.97. The second-order valence-corrected chi connectivity index (χ2v) is 5.64. The van der Waals surface area contributed by atoms with Crippen molar-refractivity contribution in [3.63, 3.8) is 0 Å². The Hall–Kier alpha value is -3.08. The molecule has 0 aliphatic rings. The van der Waals surface area contributed by atoms with Gasteiger partial charge in [0, 0.05) is 23.0 Å². The minimum atomic E-state index is -0.316. The van der Waals surface area contributed by atoms with Crippen molar-refractivity contribution in [2.75, 3.05) is 19.0 Å². The number of aryl methyl sites for hydroxylation is 1. The average molecular weight is 336 g/mol. The molecule has 0 amide bonds. The third kappa shape index (κ3) is 3.55. The van der Waals surface area contributed by atoms with E-state index in [1.54, 1.807) is 32.4 Å². The summed E-state index contributed by atoms with van der Waals surface area (Å²) in [6, 6.07) is 13.1. The molecule has 0 radical (unpaired) electrons. The maximum Gasteiger partial charge on any atom is 0.338 e. The SMILES string of the molecule is CCOC(=O)c1ccc(Nc2ccnc3c(OC)cc(C)cc23)cc1. The summed E-state index contributed by atoms with van der Waals surface area (Å²) in [4.78, 5) is 16.2. The molecule has 0 saturated carbocycles. The molecule has 0 spiro atoms. The average Bonchev–Trinajstić information content (AvgIpc) is 2.62. The number of hydrogen-bond donors (Lipinski definition) is 1. The van der Waals surface area contributed by atoms with Crippen molar-refractivity contribution in [3.05, 3.63) is 59.8 Å². The predicted octanol–water partition coefficient (Wildman–Crippen LogP) is 4.47. The lowest BCUT2D eigenvalue weighted by Crippen LogP contribution is -2.04. The summed E-state index contributed by atoms with van der Waals surface area (Å²) in [5.41, 5.74) is 4.24. The Morgan fingerprint density at radius 2 is 1.92 bits per heavy atom. The molecule has 1 aromatic heterocycles. The van der Waals surface area contributed by atoms with Gasteiger partial charge < -0.3 is 14.8 Å². The van der Waals surface area contributed by atoms with Crippen molar-refractivity contribution >= 4 is 28.2 Å². The number of nitrogens with zero attached hydrogens (tertiary/aromatic N) is 1. The van der Waals surface area contributed by atoms with Crippen molar-refractivity contribution in [2.45, 2.75) is 13.8 Å². The summed E-state index contributed by atoms with van der Waals surface area (Å²) >= 11 is 0. The number of pyridine rings is 1. The number of fused-ring (bicyclic) bond motifs is 1. The third-order valence-electron chi connectivity index (χ3n) is 3.85. The molecule has 0 unspecified atom stereocenters. The quantitative estimate of drug-likeness (QED) is 0.697. The van der Waals surface area contributed by atoms with Crippen LogP contribution in [0.3, 0.4) is 0 Å². The van der Waals surface area contributed by atoms with E-state index in [4.69, 9.17) is 9.47 Å². The molecule has 0 aliphatic heterocycles. The Morgan fingerprint density at radius 3 is 2.60 bits per heavy atom. The van der Waals surface area contributed by atoms with Gasteiger partial charge >= 0.3 is 5.97 Å². The lowest BCUT2D eigenvalue weighted by atomic mass is 10.1. The van der Waals surface area contributed by atoms with E-state index in [-0.39, 0.29) is 5.97 Å². The number of benzene rings is 2. The van der Waals surface area contributed by atoms with Gasteiger partial charge in [-0.2, -0.15) is 0 Å². The molecule has 5 nitrogen and oxygen atoms in total. The van der Waals surface area contributed by atoms with Crippen molar-refractivity contribution in [1.29, 1.82) is 0 Å². The molecule has 0 fully saturated rings. The lowest BCUT2D eigenvalue weighted by Gasteiger charge is -2.12. The van der Waals surface area contributed by atoms with Gasteiger partial charge in [0.1, 0.15) is 11.3 Å². The third-order valence-corrected chi connectivity index (χ3v) is 3.85. The Morgan fingerprint density at radius 1 is 1.16 bits per heavy atom. The van der Waals surface area contributed by atoms with Crippen LogP contribution in [0.15, 0.2) is 48.7 Å². The minimum Gasteiger partial charge on any atom is -0.494 e. The molecule has 0 saturated heterocycles. The number of carbonyl (C=O) groups excluding carboxylic acids is 1. The minimum absolute atomic E-state index is 0.316. The number of carbonyl (C=O) groups is 1. The second kappa shape index (κ2) is 7.21. The van der Waals surface area contributed by atoms with Gasteiger partial charge in [-0.3, -0.25) is 4.98 Å². The molecule has 1 heterocycles. The molecular formula is C20H20N2O3. The molecule has 1 N–H and O–H groups in total. The highest BCUT2D eigenvalue weighted by atomic mass is 16.5. The fourth-order valence-electron chi connectivity index (χ4n) is 2.68. The maximum absolute atomic E-state index is 11.7. The first-order chi connectivity index (χ1) is 12.1. The highest BCUT2D eigenvalue weighted by Gasteiger charge is 2.10. The Labute approximate surface area is 146 Å².